The zero-order chi connectivity index (χ0) is 19.1. The molecule has 8 heteroatoms. The molecule has 2 aromatic carbocycles. The second kappa shape index (κ2) is 7.13. The molecule has 2 aromatic rings. The van der Waals surface area contributed by atoms with E-state index in [0.29, 0.717) is 45.0 Å². The van der Waals surface area contributed by atoms with Crippen LogP contribution in [-0.2, 0) is 0 Å². The van der Waals surface area contributed by atoms with Gasteiger partial charge in [0.15, 0.2) is 0 Å². The lowest BCUT2D eigenvalue weighted by Gasteiger charge is -2.21. The number of halogens is 3. The molecule has 0 saturated carbocycles. The Morgan fingerprint density at radius 3 is 2.74 bits per heavy atom. The van der Waals surface area contributed by atoms with Crippen molar-refractivity contribution in [3.63, 3.8) is 0 Å². The molecule has 2 heterocycles. The Balaban J connectivity index is 1.78. The normalized spacial score (nSPS) is 18.4. The van der Waals surface area contributed by atoms with E-state index in [1.807, 2.05) is 0 Å². The van der Waals surface area contributed by atoms with Crippen molar-refractivity contribution in [2.75, 3.05) is 18.4 Å². The smallest absolute Gasteiger partial charge is 0.321 e. The van der Waals surface area contributed by atoms with Gasteiger partial charge in [-0.3, -0.25) is 4.79 Å². The van der Waals surface area contributed by atoms with Gasteiger partial charge >= 0.3 is 6.03 Å². The summed E-state index contributed by atoms with van der Waals surface area (Å²) in [5, 5.41) is 6.09. The maximum atomic E-state index is 13.8. The molecule has 1 unspecified atom stereocenters. The molecule has 0 aromatic heterocycles. The second-order valence-electron chi connectivity index (χ2n) is 6.61. The predicted molar refractivity (Wildman–Crippen MR) is 105 cm³/mol. The van der Waals surface area contributed by atoms with Crippen molar-refractivity contribution in [2.24, 2.45) is 0 Å². The summed E-state index contributed by atoms with van der Waals surface area (Å²) in [5.74, 6) is -0.745. The number of hydrogen-bond acceptors (Lipinski definition) is 2. The fourth-order valence-electron chi connectivity index (χ4n) is 3.58. The molecule has 1 saturated heterocycles. The number of benzene rings is 2. The number of rotatable bonds is 2. The summed E-state index contributed by atoms with van der Waals surface area (Å²) in [7, 11) is 0. The molecule has 1 fully saturated rings. The number of urea groups is 1. The lowest BCUT2D eigenvalue weighted by atomic mass is 9.96. The molecular weight excluding hydrogens is 437 g/mol. The minimum Gasteiger partial charge on any atom is -0.341 e. The summed E-state index contributed by atoms with van der Waals surface area (Å²) >= 11 is 9.65. The molecule has 0 bridgehead atoms. The van der Waals surface area contributed by atoms with Crippen LogP contribution in [0.4, 0.5) is 14.9 Å². The zero-order valence-corrected chi connectivity index (χ0v) is 16.5. The van der Waals surface area contributed by atoms with Crippen LogP contribution in [-0.4, -0.2) is 29.9 Å². The largest absolute Gasteiger partial charge is 0.341 e. The SMILES string of the molecule is O=C1NC(c2cc(F)ccc2Cl)c2c(NC(=O)N3CCCC3)cc(Br)cc21. The maximum Gasteiger partial charge on any atom is 0.321 e. The highest BCUT2D eigenvalue weighted by molar-refractivity contribution is 9.10. The van der Waals surface area contributed by atoms with E-state index in [2.05, 4.69) is 26.6 Å². The zero-order valence-electron chi connectivity index (χ0n) is 14.2. The minimum absolute atomic E-state index is 0.212. The van der Waals surface area contributed by atoms with Gasteiger partial charge in [-0.05, 0) is 43.2 Å². The molecule has 4 rings (SSSR count). The van der Waals surface area contributed by atoms with Gasteiger partial charge < -0.3 is 15.5 Å². The predicted octanol–water partition coefficient (Wildman–Crippen LogP) is 4.70. The van der Waals surface area contributed by atoms with Gasteiger partial charge in [-0.2, -0.15) is 0 Å². The lowest BCUT2D eigenvalue weighted by Crippen LogP contribution is -2.32. The third-order valence-corrected chi connectivity index (χ3v) is 5.66. The molecule has 2 aliphatic rings. The summed E-state index contributed by atoms with van der Waals surface area (Å²) in [4.78, 5) is 26.8. The van der Waals surface area contributed by atoms with Crippen molar-refractivity contribution in [1.82, 2.24) is 10.2 Å². The second-order valence-corrected chi connectivity index (χ2v) is 7.93. The van der Waals surface area contributed by atoms with Gasteiger partial charge in [-0.25, -0.2) is 9.18 Å². The molecular formula is C19H16BrClFN3O2. The maximum absolute atomic E-state index is 13.8. The van der Waals surface area contributed by atoms with Crippen molar-refractivity contribution in [1.29, 1.82) is 0 Å². The van der Waals surface area contributed by atoms with E-state index in [1.54, 1.807) is 17.0 Å². The summed E-state index contributed by atoms with van der Waals surface area (Å²) in [6.07, 6.45) is 1.96. The summed E-state index contributed by atoms with van der Waals surface area (Å²) in [6.45, 7) is 1.41. The van der Waals surface area contributed by atoms with Crippen molar-refractivity contribution in [2.45, 2.75) is 18.9 Å². The highest BCUT2D eigenvalue weighted by atomic mass is 79.9. The highest BCUT2D eigenvalue weighted by Crippen LogP contribution is 2.41. The Bertz CT molecular complexity index is 947. The Hall–Kier alpha value is -2.12. The first-order valence-electron chi connectivity index (χ1n) is 8.59. The molecule has 5 nitrogen and oxygen atoms in total. The number of amides is 3. The van der Waals surface area contributed by atoms with Crippen LogP contribution >= 0.6 is 27.5 Å². The standard InChI is InChI=1S/C19H16BrClFN3O2/c20-10-7-13-16(15(8-10)23-19(27)25-5-1-2-6-25)17(24-18(13)26)12-9-11(22)3-4-14(12)21/h3-4,7-9,17H,1-2,5-6H2,(H,23,27)(H,24,26). The van der Waals surface area contributed by atoms with E-state index in [4.69, 9.17) is 11.6 Å². The van der Waals surface area contributed by atoms with Gasteiger partial charge in [0.1, 0.15) is 5.82 Å². The van der Waals surface area contributed by atoms with Crippen LogP contribution < -0.4 is 10.6 Å². The number of nitrogens with zero attached hydrogens (tertiary/aromatic N) is 1. The Morgan fingerprint density at radius 2 is 2.00 bits per heavy atom. The van der Waals surface area contributed by atoms with Crippen LogP contribution in [0.15, 0.2) is 34.8 Å². The van der Waals surface area contributed by atoms with Crippen LogP contribution in [0.25, 0.3) is 0 Å². The fraction of sp³-hybridized carbons (Fsp3) is 0.263. The van der Waals surface area contributed by atoms with Crippen molar-refractivity contribution in [3.05, 3.63) is 62.3 Å². The Labute approximate surface area is 169 Å². The number of hydrogen-bond donors (Lipinski definition) is 2. The van der Waals surface area contributed by atoms with Gasteiger partial charge in [-0.15, -0.1) is 0 Å². The Kier molecular flexibility index (Phi) is 4.82. The summed E-state index contributed by atoms with van der Waals surface area (Å²) < 4.78 is 14.5. The molecule has 1 atom stereocenters. The monoisotopic (exact) mass is 451 g/mol. The molecule has 2 aliphatic heterocycles. The van der Waals surface area contributed by atoms with Gasteiger partial charge in [0.25, 0.3) is 5.91 Å². The topological polar surface area (TPSA) is 61.4 Å². The van der Waals surface area contributed by atoms with Crippen LogP contribution in [0, 0.1) is 5.82 Å². The molecule has 27 heavy (non-hydrogen) atoms. The quantitative estimate of drug-likeness (QED) is 0.694. The molecule has 140 valence electrons. The molecule has 0 aliphatic carbocycles. The number of likely N-dealkylation sites (tertiary alicyclic amines) is 1. The third-order valence-electron chi connectivity index (χ3n) is 4.86. The average Bonchev–Trinajstić information content (AvgIpc) is 3.26. The van der Waals surface area contributed by atoms with Crippen molar-refractivity contribution in [3.8, 4) is 0 Å². The van der Waals surface area contributed by atoms with E-state index < -0.39 is 11.9 Å². The summed E-state index contributed by atoms with van der Waals surface area (Å²) in [6, 6.07) is 6.60. The van der Waals surface area contributed by atoms with Crippen molar-refractivity contribution < 1.29 is 14.0 Å². The van der Waals surface area contributed by atoms with Crippen LogP contribution in [0.5, 0.6) is 0 Å². The molecule has 0 spiro atoms. The first kappa shape index (κ1) is 18.3. The molecule has 3 amide bonds. The van der Waals surface area contributed by atoms with E-state index >= 15 is 0 Å². The van der Waals surface area contributed by atoms with Gasteiger partial charge in [0.2, 0.25) is 0 Å². The van der Waals surface area contributed by atoms with Gasteiger partial charge in [-0.1, -0.05) is 27.5 Å². The Morgan fingerprint density at radius 1 is 1.26 bits per heavy atom. The van der Waals surface area contributed by atoms with E-state index in [1.165, 1.54) is 18.2 Å². The van der Waals surface area contributed by atoms with E-state index in [0.717, 1.165) is 12.8 Å². The van der Waals surface area contributed by atoms with Gasteiger partial charge in [0.05, 0.1) is 6.04 Å². The highest BCUT2D eigenvalue weighted by Gasteiger charge is 2.35. The summed E-state index contributed by atoms with van der Waals surface area (Å²) in [5.41, 5.74) is 1.96. The minimum atomic E-state index is -0.641. The third kappa shape index (κ3) is 3.41. The average molecular weight is 453 g/mol. The molecule has 2 N–H and O–H groups in total. The number of carbonyl (C=O) groups excluding carboxylic acids is 2. The van der Waals surface area contributed by atoms with Crippen LogP contribution in [0.2, 0.25) is 5.02 Å². The number of fused-ring (bicyclic) bond motifs is 1. The van der Waals surface area contributed by atoms with Crippen LogP contribution in [0.3, 0.4) is 0 Å². The lowest BCUT2D eigenvalue weighted by molar-refractivity contribution is 0.0960. The number of carbonyl (C=O) groups is 2. The fourth-order valence-corrected chi connectivity index (χ4v) is 4.27. The van der Waals surface area contributed by atoms with Crippen LogP contribution in [0.1, 0.15) is 40.4 Å². The molecule has 0 radical (unpaired) electrons. The van der Waals surface area contributed by atoms with E-state index in [-0.39, 0.29) is 11.9 Å². The number of nitrogens with one attached hydrogen (secondary N) is 2. The number of anilines is 1. The first-order chi connectivity index (χ1) is 12.9. The first-order valence-corrected chi connectivity index (χ1v) is 9.76. The van der Waals surface area contributed by atoms with Crippen molar-refractivity contribution >= 4 is 45.2 Å². The van der Waals surface area contributed by atoms with E-state index in [9.17, 15) is 14.0 Å². The van der Waals surface area contributed by atoms with Gasteiger partial charge in [0, 0.05) is 45.0 Å².